The first-order chi connectivity index (χ1) is 11.3. The number of aryl methyl sites for hydroxylation is 1. The van der Waals surface area contributed by atoms with Gasteiger partial charge in [-0.15, -0.1) is 0 Å². The summed E-state index contributed by atoms with van der Waals surface area (Å²) in [5.41, 5.74) is 0.0707. The van der Waals surface area contributed by atoms with E-state index >= 15 is 0 Å². The van der Waals surface area contributed by atoms with Crippen LogP contribution in [0.5, 0.6) is 0 Å². The molecule has 5 nitrogen and oxygen atoms in total. The number of methoxy groups -OCH3 is 1. The van der Waals surface area contributed by atoms with E-state index in [0.717, 1.165) is 18.9 Å². The van der Waals surface area contributed by atoms with Crippen molar-refractivity contribution >= 4 is 10.0 Å². The smallest absolute Gasteiger partial charge is 0.243 e. The molecule has 1 N–H and O–H groups in total. The summed E-state index contributed by atoms with van der Waals surface area (Å²) in [4.78, 5) is 0.00753. The molecule has 24 heavy (non-hydrogen) atoms. The van der Waals surface area contributed by atoms with Crippen molar-refractivity contribution in [3.8, 4) is 0 Å². The van der Waals surface area contributed by atoms with Crippen LogP contribution in [-0.4, -0.2) is 51.2 Å². The molecule has 1 aliphatic heterocycles. The summed E-state index contributed by atoms with van der Waals surface area (Å²) in [6, 6.07) is 3.81. The van der Waals surface area contributed by atoms with Gasteiger partial charge >= 0.3 is 0 Å². The minimum Gasteiger partial charge on any atom is -0.396 e. The van der Waals surface area contributed by atoms with Gasteiger partial charge in [0.05, 0.1) is 4.90 Å². The monoisotopic (exact) mass is 359 g/mol. The molecule has 1 saturated heterocycles. The Balaban J connectivity index is 2.25. The van der Waals surface area contributed by atoms with E-state index in [4.69, 9.17) is 4.74 Å². The number of aliphatic hydroxyl groups is 1. The molecular weight excluding hydrogens is 333 g/mol. The normalized spacial score (nSPS) is 22.7. The Morgan fingerprint density at radius 2 is 2.17 bits per heavy atom. The largest absolute Gasteiger partial charge is 0.396 e. The number of ether oxygens (including phenoxy) is 1. The SMILES string of the molecule is COCCC[C@@]1(CO)CCCN(S(=O)(=O)c2cc(F)ccc2C)C1. The molecule has 1 aromatic carbocycles. The first-order valence-corrected chi connectivity index (χ1v) is 9.65. The number of halogens is 1. The Hall–Kier alpha value is -1.02. The van der Waals surface area contributed by atoms with Crippen LogP contribution in [0.2, 0.25) is 0 Å². The highest BCUT2D eigenvalue weighted by molar-refractivity contribution is 7.89. The van der Waals surface area contributed by atoms with Gasteiger partial charge in [-0.05, 0) is 50.3 Å². The molecule has 0 amide bonds. The number of rotatable bonds is 7. The zero-order valence-corrected chi connectivity index (χ0v) is 15.1. The minimum atomic E-state index is -3.78. The van der Waals surface area contributed by atoms with Gasteiger partial charge in [0.25, 0.3) is 0 Å². The Morgan fingerprint density at radius 1 is 1.42 bits per heavy atom. The molecule has 2 rings (SSSR count). The lowest BCUT2D eigenvalue weighted by Gasteiger charge is -2.41. The van der Waals surface area contributed by atoms with Gasteiger partial charge in [-0.3, -0.25) is 0 Å². The molecule has 0 spiro atoms. The molecule has 1 aliphatic rings. The van der Waals surface area contributed by atoms with E-state index in [1.54, 1.807) is 14.0 Å². The van der Waals surface area contributed by atoms with Gasteiger partial charge < -0.3 is 9.84 Å². The van der Waals surface area contributed by atoms with Crippen molar-refractivity contribution in [2.45, 2.75) is 37.5 Å². The fourth-order valence-corrected chi connectivity index (χ4v) is 5.19. The van der Waals surface area contributed by atoms with E-state index in [-0.39, 0.29) is 18.0 Å². The molecule has 0 radical (unpaired) electrons. The van der Waals surface area contributed by atoms with E-state index in [1.807, 2.05) is 0 Å². The highest BCUT2D eigenvalue weighted by Gasteiger charge is 2.39. The third-order valence-electron chi connectivity index (χ3n) is 4.79. The molecule has 136 valence electrons. The third-order valence-corrected chi connectivity index (χ3v) is 6.77. The van der Waals surface area contributed by atoms with Crippen molar-refractivity contribution in [3.63, 3.8) is 0 Å². The zero-order valence-electron chi connectivity index (χ0n) is 14.3. The zero-order chi connectivity index (χ0) is 17.8. The standard InChI is InChI=1S/C17H26FNO4S/c1-14-5-6-15(18)11-16(14)24(21,22)19-9-3-7-17(12-19,13-20)8-4-10-23-2/h5-6,11,20H,3-4,7-10,12-13H2,1-2H3/t17-/m0/s1. The second kappa shape index (κ2) is 7.91. The number of hydrogen-bond acceptors (Lipinski definition) is 4. The van der Waals surface area contributed by atoms with Crippen LogP contribution in [0.25, 0.3) is 0 Å². The maximum atomic E-state index is 13.5. The summed E-state index contributed by atoms with van der Waals surface area (Å²) in [6.45, 7) is 2.83. The molecule has 0 aliphatic carbocycles. The molecule has 1 heterocycles. The quantitative estimate of drug-likeness (QED) is 0.759. The van der Waals surface area contributed by atoms with Crippen molar-refractivity contribution in [1.82, 2.24) is 4.31 Å². The average Bonchev–Trinajstić information content (AvgIpc) is 2.57. The van der Waals surface area contributed by atoms with Crippen molar-refractivity contribution < 1.29 is 22.7 Å². The first kappa shape index (κ1) is 19.3. The Morgan fingerprint density at radius 3 is 2.83 bits per heavy atom. The van der Waals surface area contributed by atoms with Gasteiger partial charge in [0.1, 0.15) is 5.82 Å². The van der Waals surface area contributed by atoms with Gasteiger partial charge in [0, 0.05) is 38.8 Å². The highest BCUT2D eigenvalue weighted by Crippen LogP contribution is 2.37. The number of sulfonamides is 1. The topological polar surface area (TPSA) is 66.8 Å². The van der Waals surface area contributed by atoms with Crippen molar-refractivity contribution in [2.75, 3.05) is 33.4 Å². The molecule has 1 fully saturated rings. The fourth-order valence-electron chi connectivity index (χ4n) is 3.36. The predicted octanol–water partition coefficient (Wildman–Crippen LogP) is 2.32. The van der Waals surface area contributed by atoms with Crippen LogP contribution in [0.4, 0.5) is 4.39 Å². The van der Waals surface area contributed by atoms with Crippen molar-refractivity contribution in [1.29, 1.82) is 0 Å². The van der Waals surface area contributed by atoms with Gasteiger partial charge in [0.2, 0.25) is 10.0 Å². The molecule has 0 aromatic heterocycles. The summed E-state index contributed by atoms with van der Waals surface area (Å²) >= 11 is 0. The molecule has 0 saturated carbocycles. The number of nitrogens with zero attached hydrogens (tertiary/aromatic N) is 1. The highest BCUT2D eigenvalue weighted by atomic mass is 32.2. The third kappa shape index (κ3) is 4.14. The number of benzene rings is 1. The van der Waals surface area contributed by atoms with E-state index < -0.39 is 21.3 Å². The fraction of sp³-hybridized carbons (Fsp3) is 0.647. The molecule has 0 unspecified atom stereocenters. The van der Waals surface area contributed by atoms with Gasteiger partial charge in [0.15, 0.2) is 0 Å². The molecule has 0 bridgehead atoms. The Bertz CT molecular complexity index is 665. The summed E-state index contributed by atoms with van der Waals surface area (Å²) in [6.07, 6.45) is 2.93. The maximum absolute atomic E-state index is 13.5. The molecular formula is C17H26FNO4S. The van der Waals surface area contributed by atoms with E-state index in [9.17, 15) is 17.9 Å². The molecule has 1 atom stereocenters. The van der Waals surface area contributed by atoms with E-state index in [2.05, 4.69) is 0 Å². The van der Waals surface area contributed by atoms with Crippen molar-refractivity contribution in [2.24, 2.45) is 5.41 Å². The molecule has 7 heteroatoms. The first-order valence-electron chi connectivity index (χ1n) is 8.21. The number of hydrogen-bond donors (Lipinski definition) is 1. The lowest BCUT2D eigenvalue weighted by atomic mass is 9.78. The minimum absolute atomic E-state index is 0.00753. The lowest BCUT2D eigenvalue weighted by molar-refractivity contribution is 0.0472. The second-order valence-electron chi connectivity index (χ2n) is 6.61. The average molecular weight is 359 g/mol. The van der Waals surface area contributed by atoms with Crippen LogP contribution in [0.1, 0.15) is 31.2 Å². The van der Waals surface area contributed by atoms with E-state index in [1.165, 1.54) is 16.4 Å². The van der Waals surface area contributed by atoms with Gasteiger partial charge in [-0.25, -0.2) is 12.8 Å². The van der Waals surface area contributed by atoms with Crippen LogP contribution >= 0.6 is 0 Å². The summed E-state index contributed by atoms with van der Waals surface area (Å²) in [5, 5.41) is 9.87. The van der Waals surface area contributed by atoms with Crippen molar-refractivity contribution in [3.05, 3.63) is 29.6 Å². The Labute approximate surface area is 143 Å². The lowest BCUT2D eigenvalue weighted by Crippen LogP contribution is -2.48. The van der Waals surface area contributed by atoms with Crippen LogP contribution in [0.3, 0.4) is 0 Å². The van der Waals surface area contributed by atoms with Gasteiger partial charge in [-0.2, -0.15) is 4.31 Å². The summed E-state index contributed by atoms with van der Waals surface area (Å²) in [5.74, 6) is -0.565. The number of piperidine rings is 1. The maximum Gasteiger partial charge on any atom is 0.243 e. The molecule has 1 aromatic rings. The Kier molecular flexibility index (Phi) is 6.36. The van der Waals surface area contributed by atoms with Crippen LogP contribution in [-0.2, 0) is 14.8 Å². The van der Waals surface area contributed by atoms with Crippen LogP contribution in [0, 0.1) is 18.2 Å². The van der Waals surface area contributed by atoms with Crippen LogP contribution in [0.15, 0.2) is 23.1 Å². The number of aliphatic hydroxyl groups excluding tert-OH is 1. The summed E-state index contributed by atoms with van der Waals surface area (Å²) < 4.78 is 45.9. The predicted molar refractivity (Wildman–Crippen MR) is 89.8 cm³/mol. The van der Waals surface area contributed by atoms with E-state index in [0.29, 0.717) is 31.6 Å². The summed E-state index contributed by atoms with van der Waals surface area (Å²) in [7, 11) is -2.15. The van der Waals surface area contributed by atoms with Crippen LogP contribution < -0.4 is 0 Å². The second-order valence-corrected chi connectivity index (χ2v) is 8.51. The van der Waals surface area contributed by atoms with Gasteiger partial charge in [-0.1, -0.05) is 6.07 Å².